The fraction of sp³-hybridized carbons (Fsp3) is 0.560. The molecule has 2 heterocycles. The first-order valence-electron chi connectivity index (χ1n) is 12.1. The summed E-state index contributed by atoms with van der Waals surface area (Å²) in [6.07, 6.45) is 6.79. The van der Waals surface area contributed by atoms with Gasteiger partial charge in [0.2, 0.25) is 10.1 Å². The van der Waals surface area contributed by atoms with Gasteiger partial charge in [-0.25, -0.2) is 8.93 Å². The zero-order valence-corrected chi connectivity index (χ0v) is 22.4. The van der Waals surface area contributed by atoms with E-state index in [1.807, 2.05) is 19.2 Å². The first-order chi connectivity index (χ1) is 16.5. The normalized spacial score (nSPS) is 18.2. The Morgan fingerprint density at radius 3 is 2.43 bits per heavy atom. The van der Waals surface area contributed by atoms with E-state index in [0.29, 0.717) is 24.1 Å². The number of nitrogens with zero attached hydrogens (tertiary/aromatic N) is 6. The Kier molecular flexibility index (Phi) is 8.56. The molecule has 3 rings (SSSR count). The third-order valence-corrected chi connectivity index (χ3v) is 8.12. The van der Waals surface area contributed by atoms with Crippen molar-refractivity contribution < 1.29 is 9.00 Å². The quantitative estimate of drug-likeness (QED) is 0.440. The number of nitriles is 1. The summed E-state index contributed by atoms with van der Waals surface area (Å²) in [6.45, 7) is 10.0. The summed E-state index contributed by atoms with van der Waals surface area (Å²) in [5.74, 6) is 0.0908. The molecule has 1 aliphatic rings. The zero-order valence-electron chi connectivity index (χ0n) is 21.6. The van der Waals surface area contributed by atoms with Crippen LogP contribution in [0.25, 0.3) is 0 Å². The van der Waals surface area contributed by atoms with Gasteiger partial charge < -0.3 is 4.90 Å². The average Bonchev–Trinajstić information content (AvgIpc) is 3.18. The molecule has 10 heteroatoms. The molecule has 1 fully saturated rings. The van der Waals surface area contributed by atoms with E-state index in [1.165, 1.54) is 0 Å². The zero-order chi connectivity index (χ0) is 25.8. The largest absolute Gasteiger partial charge is 0.304 e. The van der Waals surface area contributed by atoms with Gasteiger partial charge in [-0.3, -0.25) is 13.8 Å². The number of carbonyl (C=O) groups excluding carboxylic acids is 1. The molecule has 1 aromatic heterocycles. The molecule has 1 aromatic carbocycles. The maximum absolute atomic E-state index is 14.2. The predicted molar refractivity (Wildman–Crippen MR) is 139 cm³/mol. The van der Waals surface area contributed by atoms with Crippen LogP contribution in [0.2, 0.25) is 0 Å². The van der Waals surface area contributed by atoms with Crippen molar-refractivity contribution in [2.75, 3.05) is 24.4 Å². The van der Waals surface area contributed by atoms with E-state index >= 15 is 0 Å². The van der Waals surface area contributed by atoms with Crippen LogP contribution in [0, 0.1) is 11.5 Å². The number of carbonyl (C=O) groups is 1. The molecule has 9 nitrogen and oxygen atoms in total. The van der Waals surface area contributed by atoms with Crippen molar-refractivity contribution in [3.05, 3.63) is 47.3 Å². The van der Waals surface area contributed by atoms with Crippen LogP contribution in [0.15, 0.2) is 35.0 Å². The number of hydrogen-bond donors (Lipinski definition) is 1. The van der Waals surface area contributed by atoms with Crippen LogP contribution in [-0.4, -0.2) is 51.0 Å². The van der Waals surface area contributed by atoms with Crippen LogP contribution < -0.4 is 9.03 Å². The van der Waals surface area contributed by atoms with E-state index in [9.17, 15) is 14.3 Å². The van der Waals surface area contributed by atoms with E-state index in [2.05, 4.69) is 52.8 Å². The lowest BCUT2D eigenvalue weighted by molar-refractivity contribution is -0.117. The van der Waals surface area contributed by atoms with Gasteiger partial charge in [-0.15, -0.1) is 4.36 Å². The predicted octanol–water partition coefficient (Wildman–Crippen LogP) is 3.71. The van der Waals surface area contributed by atoms with E-state index in [-0.39, 0.29) is 12.5 Å². The highest BCUT2D eigenvalue weighted by molar-refractivity contribution is 7.93. The number of anilines is 1. The summed E-state index contributed by atoms with van der Waals surface area (Å²) in [6, 6.07) is 6.00. The van der Waals surface area contributed by atoms with Crippen molar-refractivity contribution in [2.24, 2.45) is 11.4 Å². The first-order valence-corrected chi connectivity index (χ1v) is 13.6. The van der Waals surface area contributed by atoms with Crippen LogP contribution in [0.3, 0.4) is 0 Å². The summed E-state index contributed by atoms with van der Waals surface area (Å²) in [7, 11) is 0.175. The second kappa shape index (κ2) is 11.2. The molecule has 1 N–H and O–H groups in total. The van der Waals surface area contributed by atoms with E-state index in [0.717, 1.165) is 36.1 Å². The Hall–Kier alpha value is -2.90. The molecule has 190 valence electrons. The molecule has 1 saturated heterocycles. The lowest BCUT2D eigenvalue weighted by atomic mass is 9.92. The van der Waals surface area contributed by atoms with Crippen molar-refractivity contribution >= 4 is 21.7 Å². The number of hydrogen-bond acceptors (Lipinski definition) is 5. The summed E-state index contributed by atoms with van der Waals surface area (Å²) < 4.78 is 23.9. The molecule has 2 unspecified atom stereocenters. The Morgan fingerprint density at radius 2 is 1.91 bits per heavy atom. The number of aromatic nitrogens is 2. The highest BCUT2D eigenvalue weighted by Crippen LogP contribution is 2.27. The second-order valence-electron chi connectivity index (χ2n) is 9.95. The minimum absolute atomic E-state index is 0.00975. The van der Waals surface area contributed by atoms with Gasteiger partial charge in [0.25, 0.3) is 5.91 Å². The number of piperidine rings is 1. The standard InChI is InChI=1S/C25H37N7O2S/c1-18(2)21-10-20(11-22(13-21)19(3)4)12-25(33)29-35(34,28-17-26)32(24-14-27-31(6)16-24)23-8-7-9-30(5)15-23/h10-11,13-14,16,18-19,23H,7-9,12,15H2,1-6H3,(H,28,29,33,34). The molecular formula is C25H37N7O2S. The second-order valence-corrected chi connectivity index (χ2v) is 11.7. The Morgan fingerprint density at radius 1 is 1.26 bits per heavy atom. The van der Waals surface area contributed by atoms with E-state index in [1.54, 1.807) is 34.6 Å². The molecule has 35 heavy (non-hydrogen) atoms. The average molecular weight is 500 g/mol. The maximum Gasteiger partial charge on any atom is 0.261 e. The van der Waals surface area contributed by atoms with Crippen LogP contribution in [0.5, 0.6) is 0 Å². The number of aryl methyl sites for hydroxylation is 1. The van der Waals surface area contributed by atoms with Gasteiger partial charge in [-0.1, -0.05) is 45.9 Å². The number of amides is 1. The van der Waals surface area contributed by atoms with Crippen LogP contribution >= 0.6 is 0 Å². The number of rotatable bonds is 8. The molecular weight excluding hydrogens is 462 g/mol. The highest BCUT2D eigenvalue weighted by Gasteiger charge is 2.33. The SMILES string of the molecule is CC(C)c1cc(CC(=O)N=S(=O)(NC#N)N(c2cnn(C)c2)C2CCCN(C)C2)cc(C(C)C)c1. The topological polar surface area (TPSA) is 107 Å². The van der Waals surface area contributed by atoms with Gasteiger partial charge in [0.15, 0.2) is 6.19 Å². The molecule has 1 amide bonds. The van der Waals surface area contributed by atoms with Gasteiger partial charge in [0, 0.05) is 19.8 Å². The fourth-order valence-electron chi connectivity index (χ4n) is 4.44. The number of likely N-dealkylation sites (N-methyl/N-ethyl adjacent to an activating group) is 1. The monoisotopic (exact) mass is 499 g/mol. The van der Waals surface area contributed by atoms with Crippen molar-refractivity contribution in [3.63, 3.8) is 0 Å². The summed E-state index contributed by atoms with van der Waals surface area (Å²) >= 11 is 0. The molecule has 2 aromatic rings. The first kappa shape index (κ1) is 26.7. The molecule has 0 aliphatic carbocycles. The summed E-state index contributed by atoms with van der Waals surface area (Å²) in [5, 5.41) is 13.7. The minimum Gasteiger partial charge on any atom is -0.304 e. The number of likely N-dealkylation sites (tertiary alicyclic amines) is 1. The smallest absolute Gasteiger partial charge is 0.261 e. The third-order valence-electron chi connectivity index (χ3n) is 6.27. The third kappa shape index (κ3) is 6.61. The molecule has 0 spiro atoms. The molecule has 0 saturated carbocycles. The Balaban J connectivity index is 2.02. The lowest BCUT2D eigenvalue weighted by Gasteiger charge is -2.38. The maximum atomic E-state index is 14.2. The van der Waals surface area contributed by atoms with Crippen molar-refractivity contribution in [1.82, 2.24) is 19.4 Å². The Labute approximate surface area is 209 Å². The van der Waals surface area contributed by atoms with Gasteiger partial charge in [0.1, 0.15) is 0 Å². The fourth-order valence-corrected chi connectivity index (χ4v) is 6.09. The van der Waals surface area contributed by atoms with Crippen LogP contribution in [0.1, 0.15) is 69.1 Å². The van der Waals surface area contributed by atoms with Crippen molar-refractivity contribution in [3.8, 4) is 6.19 Å². The molecule has 0 radical (unpaired) electrons. The summed E-state index contributed by atoms with van der Waals surface area (Å²) in [5.41, 5.74) is 3.69. The van der Waals surface area contributed by atoms with Gasteiger partial charge in [-0.2, -0.15) is 10.4 Å². The van der Waals surface area contributed by atoms with Crippen LogP contribution in [0.4, 0.5) is 5.69 Å². The molecule has 2 atom stereocenters. The number of benzene rings is 1. The summed E-state index contributed by atoms with van der Waals surface area (Å²) in [4.78, 5) is 15.3. The van der Waals surface area contributed by atoms with Gasteiger partial charge in [0.05, 0.1) is 24.3 Å². The van der Waals surface area contributed by atoms with E-state index < -0.39 is 16.0 Å². The van der Waals surface area contributed by atoms with Crippen molar-refractivity contribution in [2.45, 2.75) is 64.8 Å². The molecule has 0 bridgehead atoms. The Bertz CT molecular complexity index is 1180. The van der Waals surface area contributed by atoms with Gasteiger partial charge in [-0.05, 0) is 55.0 Å². The molecule has 1 aliphatic heterocycles. The van der Waals surface area contributed by atoms with E-state index in [4.69, 9.17) is 0 Å². The van der Waals surface area contributed by atoms with Crippen molar-refractivity contribution in [1.29, 1.82) is 5.26 Å². The van der Waals surface area contributed by atoms with Gasteiger partial charge >= 0.3 is 0 Å². The lowest BCUT2D eigenvalue weighted by Crippen LogP contribution is -2.52. The number of nitrogens with one attached hydrogen (secondary N) is 1. The highest BCUT2D eigenvalue weighted by atomic mass is 32.2. The minimum atomic E-state index is -3.60. The van der Waals surface area contributed by atoms with Crippen LogP contribution in [-0.2, 0) is 28.4 Å².